The Kier molecular flexibility index (Phi) is 4.96. The van der Waals surface area contributed by atoms with Crippen molar-refractivity contribution < 1.29 is 13.5 Å². The lowest BCUT2D eigenvalue weighted by Gasteiger charge is -1.99. The van der Waals surface area contributed by atoms with Gasteiger partial charge in [0.2, 0.25) is 11.0 Å². The highest BCUT2D eigenvalue weighted by atomic mass is 32.2. The molecule has 0 aliphatic carbocycles. The molecule has 0 radical (unpaired) electrons. The minimum absolute atomic E-state index is 0.271. The molecule has 0 spiro atoms. The van der Waals surface area contributed by atoms with Crippen molar-refractivity contribution in [2.24, 2.45) is 0 Å². The van der Waals surface area contributed by atoms with E-state index < -0.39 is 6.08 Å². The molecular formula is C8H9F2N3OS. The fourth-order valence-corrected chi connectivity index (χ4v) is 1.43. The molecule has 1 rings (SSSR count). The van der Waals surface area contributed by atoms with Crippen molar-refractivity contribution in [1.29, 1.82) is 0 Å². The first-order chi connectivity index (χ1) is 7.22. The normalized spacial score (nSPS) is 9.80. The summed E-state index contributed by atoms with van der Waals surface area (Å²) in [5, 5.41) is 7.78. The Hall–Kier alpha value is -1.24. The lowest BCUT2D eigenvalue weighted by Crippen LogP contribution is -1.94. The highest BCUT2D eigenvalue weighted by Gasteiger charge is 2.00. The third-order valence-corrected chi connectivity index (χ3v) is 2.25. The van der Waals surface area contributed by atoms with Gasteiger partial charge < -0.3 is 4.74 Å². The molecule has 0 N–H and O–H groups in total. The van der Waals surface area contributed by atoms with Crippen molar-refractivity contribution in [3.63, 3.8) is 0 Å². The van der Waals surface area contributed by atoms with Gasteiger partial charge in [-0.2, -0.15) is 18.9 Å². The molecule has 0 saturated heterocycles. The van der Waals surface area contributed by atoms with E-state index in [0.717, 1.165) is 6.08 Å². The molecule has 0 aliphatic heterocycles. The maximum atomic E-state index is 11.7. The second-order valence-corrected chi connectivity index (χ2v) is 3.47. The first kappa shape index (κ1) is 11.8. The highest BCUT2D eigenvalue weighted by Crippen LogP contribution is 2.15. The Bertz CT molecular complexity index is 344. The molecule has 0 fully saturated rings. The summed E-state index contributed by atoms with van der Waals surface area (Å²) in [4.78, 5) is 3.97. The van der Waals surface area contributed by atoms with E-state index in [9.17, 15) is 8.78 Å². The van der Waals surface area contributed by atoms with Crippen molar-refractivity contribution in [2.45, 2.75) is 11.6 Å². The van der Waals surface area contributed by atoms with Crippen molar-refractivity contribution in [1.82, 2.24) is 15.2 Å². The van der Waals surface area contributed by atoms with Crippen LogP contribution in [-0.4, -0.2) is 28.0 Å². The molecule has 0 aliphatic rings. The quantitative estimate of drug-likeness (QED) is 0.576. The van der Waals surface area contributed by atoms with Crippen LogP contribution in [0.1, 0.15) is 6.42 Å². The summed E-state index contributed by atoms with van der Waals surface area (Å²) in [5.41, 5.74) is 0. The molecule has 0 saturated carbocycles. The SMILES string of the molecule is COc1cnnc(SCCC=C(F)F)n1. The Morgan fingerprint density at radius 2 is 2.40 bits per heavy atom. The molecule has 0 unspecified atom stereocenters. The molecule has 1 aromatic rings. The molecule has 82 valence electrons. The summed E-state index contributed by atoms with van der Waals surface area (Å²) in [7, 11) is 1.47. The summed E-state index contributed by atoms with van der Waals surface area (Å²) in [6, 6.07) is 0. The van der Waals surface area contributed by atoms with Crippen molar-refractivity contribution >= 4 is 11.8 Å². The number of allylic oxidation sites excluding steroid dienone is 1. The Balaban J connectivity index is 2.40. The zero-order valence-electron chi connectivity index (χ0n) is 7.98. The van der Waals surface area contributed by atoms with E-state index in [2.05, 4.69) is 15.2 Å². The smallest absolute Gasteiger partial charge is 0.266 e. The topological polar surface area (TPSA) is 47.9 Å². The first-order valence-electron chi connectivity index (χ1n) is 4.10. The van der Waals surface area contributed by atoms with E-state index >= 15 is 0 Å². The number of halogens is 2. The van der Waals surface area contributed by atoms with E-state index in [1.165, 1.54) is 25.1 Å². The van der Waals surface area contributed by atoms with Gasteiger partial charge in [0.05, 0.1) is 7.11 Å². The molecule has 4 nitrogen and oxygen atoms in total. The Labute approximate surface area is 89.8 Å². The number of methoxy groups -OCH3 is 1. The van der Waals surface area contributed by atoms with Gasteiger partial charge in [0.1, 0.15) is 6.20 Å². The van der Waals surface area contributed by atoms with Gasteiger partial charge in [-0.15, -0.1) is 5.10 Å². The first-order valence-corrected chi connectivity index (χ1v) is 5.08. The summed E-state index contributed by atoms with van der Waals surface area (Å²) < 4.78 is 28.2. The molecule has 7 heteroatoms. The van der Waals surface area contributed by atoms with E-state index in [1.54, 1.807) is 0 Å². The van der Waals surface area contributed by atoms with Gasteiger partial charge in [-0.25, -0.2) is 0 Å². The maximum Gasteiger partial charge on any atom is 0.266 e. The van der Waals surface area contributed by atoms with Gasteiger partial charge in [-0.1, -0.05) is 11.8 Å². The maximum absolute atomic E-state index is 11.7. The second kappa shape index (κ2) is 6.28. The second-order valence-electron chi connectivity index (χ2n) is 2.41. The minimum Gasteiger partial charge on any atom is -0.480 e. The average Bonchev–Trinajstić information content (AvgIpc) is 2.24. The Morgan fingerprint density at radius 1 is 1.60 bits per heavy atom. The summed E-state index contributed by atoms with van der Waals surface area (Å²) in [5.74, 6) is 0.839. The molecule has 0 amide bonds. The zero-order valence-corrected chi connectivity index (χ0v) is 8.80. The lowest BCUT2D eigenvalue weighted by molar-refractivity contribution is 0.388. The molecule has 0 bridgehead atoms. The van der Waals surface area contributed by atoms with Crippen LogP contribution in [0, 0.1) is 0 Å². The third kappa shape index (κ3) is 4.68. The Morgan fingerprint density at radius 3 is 3.07 bits per heavy atom. The number of hydrogen-bond donors (Lipinski definition) is 0. The van der Waals surface area contributed by atoms with Crippen LogP contribution in [0.5, 0.6) is 5.88 Å². The monoisotopic (exact) mass is 233 g/mol. The molecule has 0 atom stereocenters. The predicted molar refractivity (Wildman–Crippen MR) is 52.0 cm³/mol. The summed E-state index contributed by atoms with van der Waals surface area (Å²) in [6.07, 6.45) is 0.847. The average molecular weight is 233 g/mol. The summed E-state index contributed by atoms with van der Waals surface area (Å²) >= 11 is 1.25. The number of hydrogen-bond acceptors (Lipinski definition) is 5. The third-order valence-electron chi connectivity index (χ3n) is 1.37. The van der Waals surface area contributed by atoms with Crippen LogP contribution in [0.15, 0.2) is 23.5 Å². The highest BCUT2D eigenvalue weighted by molar-refractivity contribution is 7.99. The zero-order chi connectivity index (χ0) is 11.1. The van der Waals surface area contributed by atoms with Crippen molar-refractivity contribution in [3.05, 3.63) is 18.4 Å². The van der Waals surface area contributed by atoms with Gasteiger partial charge in [-0.3, -0.25) is 0 Å². The number of ether oxygens (including phenoxy) is 1. The standard InChI is InChI=1S/C8H9F2N3OS/c1-14-7-5-11-13-8(12-7)15-4-2-3-6(9)10/h3,5H,2,4H2,1H3. The predicted octanol–water partition coefficient (Wildman–Crippen LogP) is 2.14. The van der Waals surface area contributed by atoms with Gasteiger partial charge in [0.15, 0.2) is 0 Å². The number of aromatic nitrogens is 3. The molecule has 15 heavy (non-hydrogen) atoms. The van der Waals surface area contributed by atoms with Gasteiger partial charge in [0, 0.05) is 5.75 Å². The van der Waals surface area contributed by atoms with Crippen LogP contribution < -0.4 is 4.74 Å². The van der Waals surface area contributed by atoms with E-state index in [0.29, 0.717) is 16.8 Å². The fraction of sp³-hybridized carbons (Fsp3) is 0.375. The number of rotatable bonds is 5. The minimum atomic E-state index is -1.67. The van der Waals surface area contributed by atoms with Gasteiger partial charge >= 0.3 is 0 Å². The van der Waals surface area contributed by atoms with Crippen LogP contribution >= 0.6 is 11.8 Å². The van der Waals surface area contributed by atoms with Crippen LogP contribution in [-0.2, 0) is 0 Å². The molecular weight excluding hydrogens is 224 g/mol. The lowest BCUT2D eigenvalue weighted by atomic mass is 10.5. The summed E-state index contributed by atoms with van der Waals surface area (Å²) in [6.45, 7) is 0. The molecule has 0 aromatic carbocycles. The number of nitrogens with zero attached hydrogens (tertiary/aromatic N) is 3. The van der Waals surface area contributed by atoms with Crippen LogP contribution in [0.25, 0.3) is 0 Å². The van der Waals surface area contributed by atoms with Crippen LogP contribution in [0.4, 0.5) is 8.78 Å². The van der Waals surface area contributed by atoms with Crippen LogP contribution in [0.2, 0.25) is 0 Å². The van der Waals surface area contributed by atoms with Gasteiger partial charge in [-0.05, 0) is 12.5 Å². The van der Waals surface area contributed by atoms with Crippen molar-refractivity contribution in [3.8, 4) is 5.88 Å². The molecule has 1 aromatic heterocycles. The van der Waals surface area contributed by atoms with E-state index in [-0.39, 0.29) is 6.42 Å². The number of thioether (sulfide) groups is 1. The molecule has 1 heterocycles. The van der Waals surface area contributed by atoms with Crippen molar-refractivity contribution in [2.75, 3.05) is 12.9 Å². The van der Waals surface area contributed by atoms with Gasteiger partial charge in [0.25, 0.3) is 6.08 Å². The van der Waals surface area contributed by atoms with Crippen LogP contribution in [0.3, 0.4) is 0 Å². The van der Waals surface area contributed by atoms with E-state index in [1.807, 2.05) is 0 Å². The largest absolute Gasteiger partial charge is 0.480 e. The fourth-order valence-electron chi connectivity index (χ4n) is 0.751. The van der Waals surface area contributed by atoms with E-state index in [4.69, 9.17) is 4.74 Å².